The smallest absolute Gasteiger partial charge is 0.252 e. The third-order valence-corrected chi connectivity index (χ3v) is 4.64. The Morgan fingerprint density at radius 3 is 2.38 bits per heavy atom. The summed E-state index contributed by atoms with van der Waals surface area (Å²) in [6.07, 6.45) is 1.32. The summed E-state index contributed by atoms with van der Waals surface area (Å²) in [6, 6.07) is 15.6. The van der Waals surface area contributed by atoms with Gasteiger partial charge in [-0.2, -0.15) is 0 Å². The maximum Gasteiger partial charge on any atom is 0.252 e. The van der Waals surface area contributed by atoms with Gasteiger partial charge >= 0.3 is 0 Å². The van der Waals surface area contributed by atoms with Gasteiger partial charge in [-0.25, -0.2) is 0 Å². The lowest BCUT2D eigenvalue weighted by atomic mass is 10.1. The van der Waals surface area contributed by atoms with Crippen molar-refractivity contribution in [2.45, 2.75) is 25.0 Å². The van der Waals surface area contributed by atoms with E-state index in [0.717, 1.165) is 12.8 Å². The first-order valence-corrected chi connectivity index (χ1v) is 8.52. The van der Waals surface area contributed by atoms with Gasteiger partial charge in [0.25, 0.3) is 5.91 Å². The van der Waals surface area contributed by atoms with Gasteiger partial charge in [0.1, 0.15) is 0 Å². The molecule has 2 aromatic carbocycles. The topological polar surface area (TPSA) is 61.4 Å². The molecule has 24 heavy (non-hydrogen) atoms. The Morgan fingerprint density at radius 1 is 1.08 bits per heavy atom. The van der Waals surface area contributed by atoms with Gasteiger partial charge in [-0.15, -0.1) is 0 Å². The highest BCUT2D eigenvalue weighted by molar-refractivity contribution is 6.33. The normalized spacial score (nSPS) is 15.1. The molecule has 0 saturated heterocycles. The fourth-order valence-electron chi connectivity index (χ4n) is 3.03. The van der Waals surface area contributed by atoms with Gasteiger partial charge in [-0.3, -0.25) is 4.79 Å². The molecule has 0 fully saturated rings. The van der Waals surface area contributed by atoms with Gasteiger partial charge in [0.2, 0.25) is 0 Å². The molecule has 126 valence electrons. The number of hydrogen-bond acceptors (Lipinski definition) is 3. The van der Waals surface area contributed by atoms with Crippen LogP contribution in [0, 0.1) is 0 Å². The number of aliphatic hydroxyl groups is 1. The van der Waals surface area contributed by atoms with Crippen molar-refractivity contribution in [3.63, 3.8) is 0 Å². The summed E-state index contributed by atoms with van der Waals surface area (Å²) in [5, 5.41) is 16.6. The molecule has 0 unspecified atom stereocenters. The molecule has 1 aliphatic rings. The second-order valence-electron chi connectivity index (χ2n) is 6.13. The Balaban J connectivity index is 1.41. The van der Waals surface area contributed by atoms with Gasteiger partial charge in [0.05, 0.1) is 16.7 Å². The zero-order valence-electron chi connectivity index (χ0n) is 13.3. The van der Waals surface area contributed by atoms with E-state index in [0.29, 0.717) is 23.2 Å². The van der Waals surface area contributed by atoms with Crippen LogP contribution in [0.2, 0.25) is 5.02 Å². The number of carbonyl (C=O) groups excluding carboxylic acids is 1. The molecule has 0 heterocycles. The summed E-state index contributed by atoms with van der Waals surface area (Å²) in [7, 11) is 0. The molecule has 2 aromatic rings. The zero-order chi connectivity index (χ0) is 16.9. The third kappa shape index (κ3) is 4.15. The highest BCUT2D eigenvalue weighted by atomic mass is 35.5. The number of hydrogen-bond donors (Lipinski definition) is 3. The van der Waals surface area contributed by atoms with Crippen LogP contribution < -0.4 is 10.6 Å². The van der Waals surface area contributed by atoms with Crippen LogP contribution in [0.5, 0.6) is 0 Å². The summed E-state index contributed by atoms with van der Waals surface area (Å²) in [5.74, 6) is -0.270. The lowest BCUT2D eigenvalue weighted by molar-refractivity contribution is 0.0914. The van der Waals surface area contributed by atoms with Crippen molar-refractivity contribution < 1.29 is 9.90 Å². The van der Waals surface area contributed by atoms with Gasteiger partial charge < -0.3 is 15.7 Å². The number of amides is 1. The highest BCUT2D eigenvalue weighted by Crippen LogP contribution is 2.21. The van der Waals surface area contributed by atoms with Crippen molar-refractivity contribution in [3.8, 4) is 0 Å². The largest absolute Gasteiger partial charge is 0.390 e. The molecule has 1 amide bonds. The average molecular weight is 345 g/mol. The molecule has 0 saturated carbocycles. The zero-order valence-corrected chi connectivity index (χ0v) is 14.1. The van der Waals surface area contributed by atoms with Crippen LogP contribution in [0.4, 0.5) is 0 Å². The van der Waals surface area contributed by atoms with Gasteiger partial charge in [-0.05, 0) is 36.1 Å². The Labute approximate surface area is 146 Å². The van der Waals surface area contributed by atoms with E-state index in [4.69, 9.17) is 11.6 Å². The van der Waals surface area contributed by atoms with Gasteiger partial charge in [0, 0.05) is 19.1 Å². The molecule has 4 nitrogen and oxygen atoms in total. The number of fused-ring (bicyclic) bond motifs is 1. The van der Waals surface area contributed by atoms with Crippen molar-refractivity contribution in [1.29, 1.82) is 0 Å². The molecule has 0 aromatic heterocycles. The quantitative estimate of drug-likeness (QED) is 0.752. The van der Waals surface area contributed by atoms with Gasteiger partial charge in [-0.1, -0.05) is 48.0 Å². The molecule has 0 spiro atoms. The number of nitrogens with one attached hydrogen (secondary N) is 2. The fourth-order valence-corrected chi connectivity index (χ4v) is 3.25. The van der Waals surface area contributed by atoms with Crippen LogP contribution in [0.1, 0.15) is 21.5 Å². The minimum atomic E-state index is -0.639. The van der Waals surface area contributed by atoms with Crippen LogP contribution in [-0.4, -0.2) is 36.2 Å². The number of benzene rings is 2. The Morgan fingerprint density at radius 2 is 1.71 bits per heavy atom. The van der Waals surface area contributed by atoms with E-state index in [2.05, 4.69) is 34.9 Å². The van der Waals surface area contributed by atoms with Crippen LogP contribution in [-0.2, 0) is 12.8 Å². The first kappa shape index (κ1) is 17.0. The van der Waals surface area contributed by atoms with E-state index in [-0.39, 0.29) is 12.5 Å². The van der Waals surface area contributed by atoms with Crippen LogP contribution in [0.3, 0.4) is 0 Å². The third-order valence-electron chi connectivity index (χ3n) is 4.31. The summed E-state index contributed by atoms with van der Waals surface area (Å²) < 4.78 is 0. The Bertz CT molecular complexity index is 695. The summed E-state index contributed by atoms with van der Waals surface area (Å²) in [6.45, 7) is 0.637. The van der Waals surface area contributed by atoms with Crippen molar-refractivity contribution >= 4 is 17.5 Å². The molecule has 0 radical (unpaired) electrons. The minimum absolute atomic E-state index is 0.191. The maximum absolute atomic E-state index is 12.1. The van der Waals surface area contributed by atoms with Crippen molar-refractivity contribution in [2.75, 3.05) is 13.1 Å². The molecule has 5 heteroatoms. The predicted octanol–water partition coefficient (Wildman–Crippen LogP) is 2.19. The number of halogens is 1. The first-order chi connectivity index (χ1) is 11.6. The van der Waals surface area contributed by atoms with Crippen LogP contribution in [0.15, 0.2) is 48.5 Å². The lowest BCUT2D eigenvalue weighted by Crippen LogP contribution is -2.41. The lowest BCUT2D eigenvalue weighted by Gasteiger charge is -2.17. The molecular formula is C19H21ClN2O2. The molecular weight excluding hydrogens is 324 g/mol. The van der Waals surface area contributed by atoms with Crippen LogP contribution >= 0.6 is 11.6 Å². The average Bonchev–Trinajstić information content (AvgIpc) is 3.01. The first-order valence-electron chi connectivity index (χ1n) is 8.14. The Hall–Kier alpha value is -1.88. The van der Waals surface area contributed by atoms with E-state index < -0.39 is 6.10 Å². The predicted molar refractivity (Wildman–Crippen MR) is 95.4 cm³/mol. The van der Waals surface area contributed by atoms with E-state index in [1.165, 1.54) is 11.1 Å². The molecule has 1 atom stereocenters. The van der Waals surface area contributed by atoms with E-state index >= 15 is 0 Å². The fraction of sp³-hybridized carbons (Fsp3) is 0.316. The number of aliphatic hydroxyl groups excluding tert-OH is 1. The van der Waals surface area contributed by atoms with Crippen molar-refractivity contribution in [1.82, 2.24) is 10.6 Å². The highest BCUT2D eigenvalue weighted by Gasteiger charge is 2.21. The Kier molecular flexibility index (Phi) is 5.51. The second kappa shape index (κ2) is 7.79. The molecule has 1 aliphatic carbocycles. The standard InChI is InChI=1S/C19H21ClN2O2/c20-18-8-4-3-7-17(18)19(24)22-12-16(23)11-21-15-9-13-5-1-2-6-14(13)10-15/h1-8,15-16,21,23H,9-12H2,(H,22,24)/t16-/m0/s1. The molecule has 3 rings (SSSR count). The number of carbonyl (C=O) groups is 1. The summed E-state index contributed by atoms with van der Waals surface area (Å²) >= 11 is 5.99. The monoisotopic (exact) mass is 344 g/mol. The SMILES string of the molecule is O=C(NC[C@@H](O)CNC1Cc2ccccc2C1)c1ccccc1Cl. The summed E-state index contributed by atoms with van der Waals surface area (Å²) in [4.78, 5) is 12.1. The molecule has 3 N–H and O–H groups in total. The number of rotatable bonds is 6. The van der Waals surface area contributed by atoms with Crippen molar-refractivity contribution in [3.05, 3.63) is 70.2 Å². The molecule has 0 bridgehead atoms. The van der Waals surface area contributed by atoms with Crippen molar-refractivity contribution in [2.24, 2.45) is 0 Å². The van der Waals surface area contributed by atoms with E-state index in [1.54, 1.807) is 24.3 Å². The minimum Gasteiger partial charge on any atom is -0.390 e. The van der Waals surface area contributed by atoms with E-state index in [1.807, 2.05) is 0 Å². The second-order valence-corrected chi connectivity index (χ2v) is 6.53. The maximum atomic E-state index is 12.1. The summed E-state index contributed by atoms with van der Waals surface area (Å²) in [5.41, 5.74) is 3.17. The van der Waals surface area contributed by atoms with Crippen LogP contribution in [0.25, 0.3) is 0 Å². The van der Waals surface area contributed by atoms with E-state index in [9.17, 15) is 9.90 Å². The van der Waals surface area contributed by atoms with Gasteiger partial charge in [0.15, 0.2) is 0 Å². The molecule has 0 aliphatic heterocycles.